The summed E-state index contributed by atoms with van der Waals surface area (Å²) in [5.74, 6) is 0. The minimum Gasteiger partial charge on any atom is -0.351 e. The fourth-order valence-corrected chi connectivity index (χ4v) is 1.99. The second-order valence-corrected chi connectivity index (χ2v) is 4.73. The Hall–Kier alpha value is -1.60. The quantitative estimate of drug-likeness (QED) is 0.708. The van der Waals surface area contributed by atoms with Crippen LogP contribution in [0.1, 0.15) is 0 Å². The zero-order valence-electron chi connectivity index (χ0n) is 8.04. The Morgan fingerprint density at radius 2 is 1.87 bits per heavy atom. The van der Waals surface area contributed by atoms with Gasteiger partial charge in [0.1, 0.15) is 0 Å². The molecule has 0 unspecified atom stereocenters. The van der Waals surface area contributed by atoms with Crippen LogP contribution in [0.3, 0.4) is 0 Å². The molecule has 1 aromatic rings. The molecule has 0 fully saturated rings. The predicted molar refractivity (Wildman–Crippen MR) is 54.1 cm³/mol. The molecule has 0 aromatic heterocycles. The number of hydrogen-bond donors (Lipinski definition) is 2. The molecule has 0 spiro atoms. The van der Waals surface area contributed by atoms with Crippen molar-refractivity contribution in [1.82, 2.24) is 9.84 Å². The molecule has 3 N–H and O–H groups in total. The topological polar surface area (TPSA) is 92.5 Å². The summed E-state index contributed by atoms with van der Waals surface area (Å²) in [4.78, 5) is 10.6. The lowest BCUT2D eigenvalue weighted by molar-refractivity contribution is 0.234. The summed E-state index contributed by atoms with van der Waals surface area (Å²) < 4.78 is 24.1. The number of nitrogens with two attached hydrogens (primary N) is 1. The molecule has 0 radical (unpaired) electrons. The number of sulfonamides is 1. The molecule has 2 amide bonds. The first-order valence-corrected chi connectivity index (χ1v) is 5.48. The van der Waals surface area contributed by atoms with Crippen molar-refractivity contribution in [3.05, 3.63) is 30.3 Å². The second kappa shape index (κ2) is 4.28. The van der Waals surface area contributed by atoms with E-state index in [1.165, 1.54) is 19.2 Å². The van der Waals surface area contributed by atoms with Crippen LogP contribution in [0.2, 0.25) is 0 Å². The van der Waals surface area contributed by atoms with Gasteiger partial charge < -0.3 is 5.73 Å². The van der Waals surface area contributed by atoms with Crippen molar-refractivity contribution in [3.63, 3.8) is 0 Å². The highest BCUT2D eigenvalue weighted by Gasteiger charge is 2.20. The Morgan fingerprint density at radius 3 is 2.33 bits per heavy atom. The van der Waals surface area contributed by atoms with Gasteiger partial charge in [-0.05, 0) is 12.1 Å². The van der Waals surface area contributed by atoms with E-state index in [0.29, 0.717) is 4.41 Å². The monoisotopic (exact) mass is 229 g/mol. The molecular weight excluding hydrogens is 218 g/mol. The molecule has 7 heteroatoms. The smallest absolute Gasteiger partial charge is 0.327 e. The molecule has 6 nitrogen and oxygen atoms in total. The van der Waals surface area contributed by atoms with E-state index in [9.17, 15) is 13.2 Å². The Kier molecular flexibility index (Phi) is 3.28. The molecule has 82 valence electrons. The van der Waals surface area contributed by atoms with E-state index in [-0.39, 0.29) is 4.90 Å². The third-order valence-electron chi connectivity index (χ3n) is 1.67. The lowest BCUT2D eigenvalue weighted by atomic mass is 10.4. The van der Waals surface area contributed by atoms with E-state index in [2.05, 4.69) is 0 Å². The Balaban J connectivity index is 2.99. The number of nitrogens with zero attached hydrogens (tertiary/aromatic N) is 1. The van der Waals surface area contributed by atoms with Gasteiger partial charge in [-0.15, -0.1) is 4.41 Å². The van der Waals surface area contributed by atoms with Crippen molar-refractivity contribution in [2.45, 2.75) is 4.90 Å². The van der Waals surface area contributed by atoms with Crippen LogP contribution in [-0.4, -0.2) is 25.9 Å². The third-order valence-corrected chi connectivity index (χ3v) is 3.35. The van der Waals surface area contributed by atoms with Gasteiger partial charge in [0.25, 0.3) is 10.0 Å². The third kappa shape index (κ3) is 2.67. The molecule has 0 atom stereocenters. The maximum atomic E-state index is 11.7. The van der Waals surface area contributed by atoms with E-state index in [4.69, 9.17) is 5.73 Å². The maximum absolute atomic E-state index is 11.7. The van der Waals surface area contributed by atoms with E-state index >= 15 is 0 Å². The Labute approximate surface area is 87.7 Å². The van der Waals surface area contributed by atoms with Gasteiger partial charge in [0.15, 0.2) is 0 Å². The van der Waals surface area contributed by atoms with Crippen LogP contribution in [0, 0.1) is 0 Å². The summed E-state index contributed by atoms with van der Waals surface area (Å²) in [5.41, 5.74) is 6.78. The molecule has 0 heterocycles. The van der Waals surface area contributed by atoms with Gasteiger partial charge >= 0.3 is 6.03 Å². The SMILES string of the molecule is CN(NC(N)=O)S(=O)(=O)c1ccccc1. The highest BCUT2D eigenvalue weighted by Crippen LogP contribution is 2.11. The Bertz CT molecular complexity index is 443. The van der Waals surface area contributed by atoms with Crippen LogP contribution >= 0.6 is 0 Å². The van der Waals surface area contributed by atoms with Gasteiger partial charge in [0, 0.05) is 7.05 Å². The number of benzene rings is 1. The average Bonchev–Trinajstić information content (AvgIpc) is 2.18. The number of rotatable bonds is 3. The van der Waals surface area contributed by atoms with Crippen molar-refractivity contribution in [1.29, 1.82) is 0 Å². The summed E-state index contributed by atoms with van der Waals surface area (Å²) in [6.07, 6.45) is 0. The number of amides is 2. The molecule has 0 aliphatic carbocycles. The number of nitrogens with one attached hydrogen (secondary N) is 1. The molecule has 1 aromatic carbocycles. The lowest BCUT2D eigenvalue weighted by Gasteiger charge is -2.16. The fraction of sp³-hybridized carbons (Fsp3) is 0.125. The molecule has 1 rings (SSSR count). The van der Waals surface area contributed by atoms with E-state index in [0.717, 1.165) is 0 Å². The van der Waals surface area contributed by atoms with Gasteiger partial charge in [-0.1, -0.05) is 18.2 Å². The molecule has 0 saturated heterocycles. The lowest BCUT2D eigenvalue weighted by Crippen LogP contribution is -2.45. The predicted octanol–water partition coefficient (Wildman–Crippen LogP) is -0.110. The molecule has 0 aliphatic rings. The summed E-state index contributed by atoms with van der Waals surface area (Å²) in [6.45, 7) is 0. The molecule has 0 saturated carbocycles. The standard InChI is InChI=1S/C8H11N3O3S/c1-11(10-8(9)12)15(13,14)7-5-3-2-4-6-7/h2-6H,1H3,(H3,9,10,12). The van der Waals surface area contributed by atoms with E-state index < -0.39 is 16.1 Å². The van der Waals surface area contributed by atoms with E-state index in [1.807, 2.05) is 5.43 Å². The minimum absolute atomic E-state index is 0.0845. The average molecular weight is 229 g/mol. The minimum atomic E-state index is -3.71. The number of carbonyl (C=O) groups is 1. The van der Waals surface area contributed by atoms with Crippen LogP contribution in [0.5, 0.6) is 0 Å². The molecule has 0 bridgehead atoms. The zero-order valence-corrected chi connectivity index (χ0v) is 8.86. The van der Waals surface area contributed by atoms with Crippen LogP contribution in [0.15, 0.2) is 35.2 Å². The number of hydrogen-bond acceptors (Lipinski definition) is 3. The fourth-order valence-electron chi connectivity index (χ4n) is 0.966. The molecular formula is C8H11N3O3S. The van der Waals surface area contributed by atoms with Gasteiger partial charge in [0.05, 0.1) is 4.90 Å². The van der Waals surface area contributed by atoms with E-state index in [1.54, 1.807) is 18.2 Å². The zero-order chi connectivity index (χ0) is 11.5. The first-order chi connectivity index (χ1) is 6.94. The van der Waals surface area contributed by atoms with Crippen molar-refractivity contribution < 1.29 is 13.2 Å². The van der Waals surface area contributed by atoms with Crippen LogP contribution in [0.25, 0.3) is 0 Å². The van der Waals surface area contributed by atoms with Crippen LogP contribution in [0.4, 0.5) is 4.79 Å². The normalized spacial score (nSPS) is 11.3. The Morgan fingerprint density at radius 1 is 1.33 bits per heavy atom. The molecule has 15 heavy (non-hydrogen) atoms. The number of hydrazine groups is 1. The summed E-state index contributed by atoms with van der Waals surface area (Å²) in [6, 6.07) is 6.79. The van der Waals surface area contributed by atoms with Crippen LogP contribution in [-0.2, 0) is 10.0 Å². The first kappa shape index (κ1) is 11.5. The summed E-state index contributed by atoms with van der Waals surface area (Å²) in [5, 5.41) is 0. The van der Waals surface area contributed by atoms with Gasteiger partial charge in [-0.2, -0.15) is 0 Å². The highest BCUT2D eigenvalue weighted by molar-refractivity contribution is 7.89. The number of urea groups is 1. The summed E-state index contributed by atoms with van der Waals surface area (Å²) >= 11 is 0. The van der Waals surface area contributed by atoms with Crippen LogP contribution < -0.4 is 11.2 Å². The number of primary amides is 1. The van der Waals surface area contributed by atoms with Crippen molar-refractivity contribution in [2.75, 3.05) is 7.05 Å². The van der Waals surface area contributed by atoms with Gasteiger partial charge in [-0.25, -0.2) is 13.2 Å². The summed E-state index contributed by atoms with van der Waals surface area (Å²) in [7, 11) is -2.51. The molecule has 0 aliphatic heterocycles. The first-order valence-electron chi connectivity index (χ1n) is 4.04. The van der Waals surface area contributed by atoms with Crippen molar-refractivity contribution in [3.8, 4) is 0 Å². The van der Waals surface area contributed by atoms with Gasteiger partial charge in [-0.3, -0.25) is 5.43 Å². The van der Waals surface area contributed by atoms with Gasteiger partial charge in [0.2, 0.25) is 0 Å². The largest absolute Gasteiger partial charge is 0.351 e. The van der Waals surface area contributed by atoms with Crippen molar-refractivity contribution >= 4 is 16.1 Å². The number of carbonyl (C=O) groups excluding carboxylic acids is 1. The van der Waals surface area contributed by atoms with Crippen molar-refractivity contribution in [2.24, 2.45) is 5.73 Å². The second-order valence-electron chi connectivity index (χ2n) is 2.76. The maximum Gasteiger partial charge on any atom is 0.327 e. The highest BCUT2D eigenvalue weighted by atomic mass is 32.2.